The molecule has 2 aromatic carbocycles. The smallest absolute Gasteiger partial charge is 0.0642 e. The van der Waals surface area contributed by atoms with Crippen LogP contribution < -0.4 is 5.32 Å². The summed E-state index contributed by atoms with van der Waals surface area (Å²) in [4.78, 5) is 0. The minimum Gasteiger partial charge on any atom is -0.381 e. The fraction of sp³-hybridized carbons (Fsp3) is 0.200. The highest BCUT2D eigenvalue weighted by Crippen LogP contribution is 2.29. The quantitative estimate of drug-likeness (QED) is 0.692. The van der Waals surface area contributed by atoms with Crippen LogP contribution in [0, 0.1) is 0 Å². The third-order valence-corrected chi connectivity index (χ3v) is 3.98. The standard InChI is InChI=1S/C15H14Cl3N/c1-10(16)12-6-2-3-8-14(12)19-9-11-5-4-7-13(17)15(11)18/h2-8,10,19H,9H2,1H3. The van der Waals surface area contributed by atoms with Gasteiger partial charge in [0.05, 0.1) is 15.4 Å². The topological polar surface area (TPSA) is 12.0 Å². The number of para-hydroxylation sites is 1. The Hall–Kier alpha value is -0.890. The maximum absolute atomic E-state index is 6.16. The van der Waals surface area contributed by atoms with Crippen LogP contribution in [0.2, 0.25) is 10.0 Å². The van der Waals surface area contributed by atoms with Gasteiger partial charge >= 0.3 is 0 Å². The summed E-state index contributed by atoms with van der Waals surface area (Å²) in [6.45, 7) is 2.56. The average molecular weight is 315 g/mol. The summed E-state index contributed by atoms with van der Waals surface area (Å²) in [5, 5.41) is 4.47. The number of halogens is 3. The van der Waals surface area contributed by atoms with E-state index in [1.807, 2.05) is 43.3 Å². The molecule has 2 aromatic rings. The molecule has 0 aromatic heterocycles. The molecule has 0 saturated heterocycles. The summed E-state index contributed by atoms with van der Waals surface area (Å²) >= 11 is 18.3. The predicted molar refractivity (Wildman–Crippen MR) is 84.5 cm³/mol. The second kappa shape index (κ2) is 6.51. The van der Waals surface area contributed by atoms with Gasteiger partial charge < -0.3 is 5.32 Å². The zero-order chi connectivity index (χ0) is 13.8. The Morgan fingerprint density at radius 3 is 2.53 bits per heavy atom. The number of hydrogen-bond donors (Lipinski definition) is 1. The molecule has 1 unspecified atom stereocenters. The number of rotatable bonds is 4. The molecule has 19 heavy (non-hydrogen) atoms. The summed E-state index contributed by atoms with van der Waals surface area (Å²) in [6, 6.07) is 13.6. The third-order valence-electron chi connectivity index (χ3n) is 2.89. The summed E-state index contributed by atoms with van der Waals surface area (Å²) in [5.41, 5.74) is 3.05. The van der Waals surface area contributed by atoms with E-state index in [0.29, 0.717) is 16.6 Å². The van der Waals surface area contributed by atoms with E-state index in [1.165, 1.54) is 0 Å². The van der Waals surface area contributed by atoms with Gasteiger partial charge in [-0.05, 0) is 30.2 Å². The highest BCUT2D eigenvalue weighted by Gasteiger charge is 2.08. The van der Waals surface area contributed by atoms with Crippen molar-refractivity contribution in [1.29, 1.82) is 0 Å². The molecule has 0 spiro atoms. The fourth-order valence-corrected chi connectivity index (χ4v) is 2.46. The lowest BCUT2D eigenvalue weighted by molar-refractivity contribution is 1.06. The number of alkyl halides is 1. The highest BCUT2D eigenvalue weighted by atomic mass is 35.5. The molecule has 1 atom stereocenters. The van der Waals surface area contributed by atoms with Crippen LogP contribution >= 0.6 is 34.8 Å². The van der Waals surface area contributed by atoms with Gasteiger partial charge in [0.2, 0.25) is 0 Å². The van der Waals surface area contributed by atoms with Gasteiger partial charge in [0.25, 0.3) is 0 Å². The van der Waals surface area contributed by atoms with Crippen molar-refractivity contribution in [3.8, 4) is 0 Å². The molecular formula is C15H14Cl3N. The van der Waals surface area contributed by atoms with E-state index < -0.39 is 0 Å². The van der Waals surface area contributed by atoms with Crippen LogP contribution in [0.5, 0.6) is 0 Å². The summed E-state index contributed by atoms with van der Waals surface area (Å²) in [6.07, 6.45) is 0. The first kappa shape index (κ1) is 14.5. The summed E-state index contributed by atoms with van der Waals surface area (Å²) in [7, 11) is 0. The Morgan fingerprint density at radius 1 is 1.05 bits per heavy atom. The van der Waals surface area contributed by atoms with Crippen molar-refractivity contribution in [2.75, 3.05) is 5.32 Å². The van der Waals surface area contributed by atoms with Crippen LogP contribution in [0.1, 0.15) is 23.4 Å². The van der Waals surface area contributed by atoms with Gasteiger partial charge in [-0.1, -0.05) is 53.5 Å². The second-order valence-corrected chi connectivity index (χ2v) is 5.71. The van der Waals surface area contributed by atoms with Gasteiger partial charge in [-0.15, -0.1) is 11.6 Å². The fourth-order valence-electron chi connectivity index (χ4n) is 1.88. The predicted octanol–water partition coefficient (Wildman–Crippen LogP) is 5.91. The van der Waals surface area contributed by atoms with E-state index in [2.05, 4.69) is 5.32 Å². The van der Waals surface area contributed by atoms with Crippen LogP contribution in [0.3, 0.4) is 0 Å². The molecule has 0 bridgehead atoms. The molecule has 0 saturated carbocycles. The van der Waals surface area contributed by atoms with E-state index in [4.69, 9.17) is 34.8 Å². The molecule has 0 fully saturated rings. The van der Waals surface area contributed by atoms with E-state index in [-0.39, 0.29) is 5.38 Å². The first-order valence-corrected chi connectivity index (χ1v) is 7.18. The minimum atomic E-state index is -0.0430. The van der Waals surface area contributed by atoms with Crippen molar-refractivity contribution >= 4 is 40.5 Å². The molecule has 2 rings (SSSR count). The van der Waals surface area contributed by atoms with Crippen LogP contribution in [0.25, 0.3) is 0 Å². The van der Waals surface area contributed by atoms with Gasteiger partial charge in [0.15, 0.2) is 0 Å². The zero-order valence-electron chi connectivity index (χ0n) is 10.5. The molecule has 1 N–H and O–H groups in total. The maximum atomic E-state index is 6.16. The van der Waals surface area contributed by atoms with E-state index in [0.717, 1.165) is 16.8 Å². The number of hydrogen-bond acceptors (Lipinski definition) is 1. The Balaban J connectivity index is 2.17. The van der Waals surface area contributed by atoms with Gasteiger partial charge in [-0.3, -0.25) is 0 Å². The second-order valence-electron chi connectivity index (χ2n) is 4.27. The van der Waals surface area contributed by atoms with Crippen molar-refractivity contribution in [3.05, 3.63) is 63.6 Å². The normalized spacial score (nSPS) is 12.2. The molecular weight excluding hydrogens is 301 g/mol. The maximum Gasteiger partial charge on any atom is 0.0642 e. The highest BCUT2D eigenvalue weighted by molar-refractivity contribution is 6.42. The monoisotopic (exact) mass is 313 g/mol. The molecule has 100 valence electrons. The van der Waals surface area contributed by atoms with Crippen molar-refractivity contribution in [2.24, 2.45) is 0 Å². The molecule has 0 aliphatic carbocycles. The number of anilines is 1. The SMILES string of the molecule is CC(Cl)c1ccccc1NCc1cccc(Cl)c1Cl. The number of benzene rings is 2. The van der Waals surface area contributed by atoms with E-state index in [9.17, 15) is 0 Å². The van der Waals surface area contributed by atoms with Crippen LogP contribution in [0.4, 0.5) is 5.69 Å². The largest absolute Gasteiger partial charge is 0.381 e. The lowest BCUT2D eigenvalue weighted by atomic mass is 10.1. The molecule has 0 radical (unpaired) electrons. The van der Waals surface area contributed by atoms with E-state index >= 15 is 0 Å². The minimum absolute atomic E-state index is 0.0430. The Labute approximate surface area is 128 Å². The lowest BCUT2D eigenvalue weighted by Crippen LogP contribution is -2.03. The Bertz CT molecular complexity index is 567. The summed E-state index contributed by atoms with van der Waals surface area (Å²) < 4.78 is 0. The van der Waals surface area contributed by atoms with Crippen LogP contribution in [0.15, 0.2) is 42.5 Å². The molecule has 0 heterocycles. The molecule has 1 nitrogen and oxygen atoms in total. The summed E-state index contributed by atoms with van der Waals surface area (Å²) in [5.74, 6) is 0. The molecule has 0 aliphatic rings. The first-order chi connectivity index (χ1) is 9.09. The zero-order valence-corrected chi connectivity index (χ0v) is 12.7. The average Bonchev–Trinajstić information content (AvgIpc) is 2.40. The van der Waals surface area contributed by atoms with Crippen molar-refractivity contribution < 1.29 is 0 Å². The van der Waals surface area contributed by atoms with Crippen molar-refractivity contribution in [3.63, 3.8) is 0 Å². The Morgan fingerprint density at radius 2 is 1.79 bits per heavy atom. The Kier molecular flexibility index (Phi) is 4.98. The molecule has 4 heteroatoms. The van der Waals surface area contributed by atoms with Crippen molar-refractivity contribution in [2.45, 2.75) is 18.8 Å². The number of nitrogens with one attached hydrogen (secondary N) is 1. The van der Waals surface area contributed by atoms with E-state index in [1.54, 1.807) is 6.07 Å². The molecule has 0 amide bonds. The van der Waals surface area contributed by atoms with Gasteiger partial charge in [-0.2, -0.15) is 0 Å². The van der Waals surface area contributed by atoms with Crippen molar-refractivity contribution in [1.82, 2.24) is 0 Å². The molecule has 0 aliphatic heterocycles. The third kappa shape index (κ3) is 3.56. The first-order valence-electron chi connectivity index (χ1n) is 5.99. The van der Waals surface area contributed by atoms with Gasteiger partial charge in [-0.25, -0.2) is 0 Å². The van der Waals surface area contributed by atoms with Gasteiger partial charge in [0.1, 0.15) is 0 Å². The van der Waals surface area contributed by atoms with Crippen LogP contribution in [-0.4, -0.2) is 0 Å². The lowest BCUT2D eigenvalue weighted by Gasteiger charge is -2.14. The van der Waals surface area contributed by atoms with Gasteiger partial charge in [0, 0.05) is 12.2 Å². The van der Waals surface area contributed by atoms with Crippen LogP contribution in [-0.2, 0) is 6.54 Å².